The standard InChI is InChI=1S/C18H19ClO4/c1-2-9-23-17-8-5-14(19)10-13(17)11-16(18(21)22)12-3-6-15(20)7-4-12/h3-8,10,16,20H,2,9,11H2,1H3,(H,21,22). The molecule has 2 N–H and O–H groups in total. The summed E-state index contributed by atoms with van der Waals surface area (Å²) in [7, 11) is 0. The van der Waals surface area contributed by atoms with E-state index in [4.69, 9.17) is 16.3 Å². The summed E-state index contributed by atoms with van der Waals surface area (Å²) in [5.74, 6) is -0.913. The molecule has 0 saturated carbocycles. The molecule has 5 heteroatoms. The molecule has 0 spiro atoms. The van der Waals surface area contributed by atoms with E-state index in [-0.39, 0.29) is 12.2 Å². The van der Waals surface area contributed by atoms with Crippen LogP contribution < -0.4 is 4.74 Å². The summed E-state index contributed by atoms with van der Waals surface area (Å²) in [5.41, 5.74) is 1.38. The number of benzene rings is 2. The van der Waals surface area contributed by atoms with Gasteiger partial charge in [0.15, 0.2) is 0 Å². The van der Waals surface area contributed by atoms with E-state index in [1.165, 1.54) is 12.1 Å². The molecule has 2 aromatic carbocycles. The van der Waals surface area contributed by atoms with Crippen LogP contribution in [0.25, 0.3) is 0 Å². The Bertz CT molecular complexity index is 667. The minimum Gasteiger partial charge on any atom is -0.508 e. The lowest BCUT2D eigenvalue weighted by atomic mass is 9.91. The molecule has 0 aliphatic rings. The van der Waals surface area contributed by atoms with Gasteiger partial charge in [0.05, 0.1) is 12.5 Å². The summed E-state index contributed by atoms with van der Waals surface area (Å²) in [6, 6.07) is 11.4. The molecule has 1 atom stereocenters. The summed E-state index contributed by atoms with van der Waals surface area (Å²) in [5, 5.41) is 19.5. The van der Waals surface area contributed by atoms with Crippen molar-refractivity contribution >= 4 is 17.6 Å². The number of phenols is 1. The minimum absolute atomic E-state index is 0.104. The Labute approximate surface area is 140 Å². The fourth-order valence-corrected chi connectivity index (χ4v) is 2.53. The first kappa shape index (κ1) is 17.2. The quantitative estimate of drug-likeness (QED) is 0.794. The summed E-state index contributed by atoms with van der Waals surface area (Å²) in [4.78, 5) is 11.7. The molecule has 0 fully saturated rings. The Balaban J connectivity index is 2.31. The lowest BCUT2D eigenvalue weighted by molar-refractivity contribution is -0.138. The van der Waals surface area contributed by atoms with Gasteiger partial charge in [-0.1, -0.05) is 30.7 Å². The first-order valence-corrected chi connectivity index (χ1v) is 7.82. The van der Waals surface area contributed by atoms with Gasteiger partial charge < -0.3 is 14.9 Å². The zero-order valence-electron chi connectivity index (χ0n) is 12.8. The summed E-state index contributed by atoms with van der Waals surface area (Å²) in [6.07, 6.45) is 1.13. The maximum atomic E-state index is 11.7. The zero-order valence-corrected chi connectivity index (χ0v) is 13.6. The van der Waals surface area contributed by atoms with Crippen molar-refractivity contribution in [3.63, 3.8) is 0 Å². The van der Waals surface area contributed by atoms with Gasteiger partial charge in [0.1, 0.15) is 11.5 Å². The number of carboxylic acids is 1. The van der Waals surface area contributed by atoms with Crippen molar-refractivity contribution in [2.75, 3.05) is 6.61 Å². The monoisotopic (exact) mass is 334 g/mol. The molecule has 0 bridgehead atoms. The van der Waals surface area contributed by atoms with E-state index in [9.17, 15) is 15.0 Å². The number of phenolic OH excluding ortho intramolecular Hbond substituents is 1. The largest absolute Gasteiger partial charge is 0.508 e. The van der Waals surface area contributed by atoms with Gasteiger partial charge in [0, 0.05) is 5.02 Å². The number of carboxylic acid groups (broad SMARTS) is 1. The van der Waals surface area contributed by atoms with Gasteiger partial charge in [-0.3, -0.25) is 4.79 Å². The van der Waals surface area contributed by atoms with E-state index in [2.05, 4.69) is 0 Å². The van der Waals surface area contributed by atoms with Gasteiger partial charge in [-0.25, -0.2) is 0 Å². The number of hydrogen-bond acceptors (Lipinski definition) is 3. The molecule has 2 rings (SSSR count). The van der Waals surface area contributed by atoms with Gasteiger partial charge in [0.25, 0.3) is 0 Å². The van der Waals surface area contributed by atoms with Gasteiger partial charge >= 0.3 is 5.97 Å². The van der Waals surface area contributed by atoms with Crippen LogP contribution in [-0.4, -0.2) is 22.8 Å². The average molecular weight is 335 g/mol. The summed E-state index contributed by atoms with van der Waals surface area (Å²) >= 11 is 6.04. The first-order chi connectivity index (χ1) is 11.0. The van der Waals surface area contributed by atoms with E-state index in [0.29, 0.717) is 22.9 Å². The molecule has 23 heavy (non-hydrogen) atoms. The lowest BCUT2D eigenvalue weighted by Gasteiger charge is -2.16. The lowest BCUT2D eigenvalue weighted by Crippen LogP contribution is -2.15. The van der Waals surface area contributed by atoms with Gasteiger partial charge in [0.2, 0.25) is 0 Å². The second-order valence-electron chi connectivity index (χ2n) is 5.29. The highest BCUT2D eigenvalue weighted by Gasteiger charge is 2.22. The third kappa shape index (κ3) is 4.63. The predicted molar refractivity (Wildman–Crippen MR) is 89.4 cm³/mol. The Morgan fingerprint density at radius 3 is 2.52 bits per heavy atom. The van der Waals surface area contributed by atoms with Crippen molar-refractivity contribution in [1.82, 2.24) is 0 Å². The highest BCUT2D eigenvalue weighted by Crippen LogP contribution is 2.30. The van der Waals surface area contributed by atoms with E-state index >= 15 is 0 Å². The second-order valence-corrected chi connectivity index (χ2v) is 5.72. The Morgan fingerprint density at radius 2 is 1.91 bits per heavy atom. The average Bonchev–Trinajstić information content (AvgIpc) is 2.52. The van der Waals surface area contributed by atoms with E-state index in [1.54, 1.807) is 30.3 Å². The van der Waals surface area contributed by atoms with Crippen LogP contribution in [0, 0.1) is 0 Å². The van der Waals surface area contributed by atoms with Gasteiger partial charge in [-0.15, -0.1) is 0 Å². The third-order valence-corrected chi connectivity index (χ3v) is 3.74. The number of halogens is 1. The van der Waals surface area contributed by atoms with Crippen molar-refractivity contribution in [2.45, 2.75) is 25.7 Å². The van der Waals surface area contributed by atoms with E-state index in [0.717, 1.165) is 12.0 Å². The van der Waals surface area contributed by atoms with Crippen molar-refractivity contribution in [3.8, 4) is 11.5 Å². The van der Waals surface area contributed by atoms with Crippen LogP contribution in [0.15, 0.2) is 42.5 Å². The van der Waals surface area contributed by atoms with Crippen molar-refractivity contribution < 1.29 is 19.7 Å². The molecule has 0 aromatic heterocycles. The number of ether oxygens (including phenoxy) is 1. The zero-order chi connectivity index (χ0) is 16.8. The fourth-order valence-electron chi connectivity index (χ4n) is 2.33. The number of hydrogen-bond donors (Lipinski definition) is 2. The van der Waals surface area contributed by atoms with Crippen LogP contribution in [0.1, 0.15) is 30.4 Å². The minimum atomic E-state index is -0.933. The van der Waals surface area contributed by atoms with Gasteiger partial charge in [-0.05, 0) is 54.3 Å². The number of rotatable bonds is 7. The van der Waals surface area contributed by atoms with Crippen LogP contribution in [0.5, 0.6) is 11.5 Å². The molecule has 2 aromatic rings. The number of aromatic hydroxyl groups is 1. The van der Waals surface area contributed by atoms with Crippen LogP contribution in [0.3, 0.4) is 0 Å². The topological polar surface area (TPSA) is 66.8 Å². The normalized spacial score (nSPS) is 11.9. The van der Waals surface area contributed by atoms with Crippen LogP contribution >= 0.6 is 11.6 Å². The molecule has 4 nitrogen and oxygen atoms in total. The molecule has 1 unspecified atom stereocenters. The van der Waals surface area contributed by atoms with E-state index < -0.39 is 11.9 Å². The Morgan fingerprint density at radius 1 is 1.22 bits per heavy atom. The Hall–Kier alpha value is -2.20. The smallest absolute Gasteiger partial charge is 0.311 e. The third-order valence-electron chi connectivity index (χ3n) is 3.50. The fraction of sp³-hybridized carbons (Fsp3) is 0.278. The first-order valence-electron chi connectivity index (χ1n) is 7.44. The summed E-state index contributed by atoms with van der Waals surface area (Å²) < 4.78 is 5.69. The van der Waals surface area contributed by atoms with Gasteiger partial charge in [-0.2, -0.15) is 0 Å². The maximum Gasteiger partial charge on any atom is 0.311 e. The second kappa shape index (κ2) is 7.88. The number of carbonyl (C=O) groups is 1. The summed E-state index contributed by atoms with van der Waals surface area (Å²) in [6.45, 7) is 2.57. The molecular formula is C18H19ClO4. The Kier molecular flexibility index (Phi) is 5.88. The van der Waals surface area contributed by atoms with Crippen molar-refractivity contribution in [2.24, 2.45) is 0 Å². The highest BCUT2D eigenvalue weighted by atomic mass is 35.5. The molecule has 0 amide bonds. The SMILES string of the molecule is CCCOc1ccc(Cl)cc1CC(C(=O)O)c1ccc(O)cc1. The molecule has 0 heterocycles. The molecule has 0 aliphatic heterocycles. The van der Waals surface area contributed by atoms with E-state index in [1.807, 2.05) is 6.92 Å². The predicted octanol–water partition coefficient (Wildman–Crippen LogP) is 4.25. The molecule has 0 aliphatic carbocycles. The highest BCUT2D eigenvalue weighted by molar-refractivity contribution is 6.30. The van der Waals surface area contributed by atoms with Crippen LogP contribution in [-0.2, 0) is 11.2 Å². The van der Waals surface area contributed by atoms with Crippen molar-refractivity contribution in [3.05, 3.63) is 58.6 Å². The molecule has 0 radical (unpaired) electrons. The van der Waals surface area contributed by atoms with Crippen LogP contribution in [0.4, 0.5) is 0 Å². The van der Waals surface area contributed by atoms with Crippen molar-refractivity contribution in [1.29, 1.82) is 0 Å². The molecule has 122 valence electrons. The molecular weight excluding hydrogens is 316 g/mol. The molecule has 0 saturated heterocycles. The maximum absolute atomic E-state index is 11.7. The van der Waals surface area contributed by atoms with Crippen LogP contribution in [0.2, 0.25) is 5.02 Å². The number of aliphatic carboxylic acids is 1.